The molecule has 1 aliphatic heterocycles. The number of hydrogen-bond donors (Lipinski definition) is 2. The van der Waals surface area contributed by atoms with Crippen LogP contribution in [-0.4, -0.2) is 29.2 Å². The number of ether oxygens (including phenoxy) is 1. The maximum Gasteiger partial charge on any atom is 0.255 e. The monoisotopic (exact) mass is 265 g/mol. The van der Waals surface area contributed by atoms with Crippen LogP contribution in [0.15, 0.2) is 4.79 Å². The molecule has 1 aliphatic rings. The zero-order valence-corrected chi connectivity index (χ0v) is 12.1. The van der Waals surface area contributed by atoms with Crippen LogP contribution in [0.25, 0.3) is 0 Å². The summed E-state index contributed by atoms with van der Waals surface area (Å²) in [6.45, 7) is 9.51. The molecule has 0 aromatic carbocycles. The van der Waals surface area contributed by atoms with Gasteiger partial charge in [0.15, 0.2) is 0 Å². The topological polar surface area (TPSA) is 67.0 Å². The lowest BCUT2D eigenvalue weighted by molar-refractivity contribution is 0.177. The Morgan fingerprint density at radius 3 is 2.74 bits per heavy atom. The number of hydrogen-bond acceptors (Lipinski definition) is 4. The summed E-state index contributed by atoms with van der Waals surface area (Å²) in [4.78, 5) is 19.2. The van der Waals surface area contributed by atoms with Crippen molar-refractivity contribution < 1.29 is 4.74 Å². The Morgan fingerprint density at radius 1 is 1.42 bits per heavy atom. The minimum atomic E-state index is -0.0418. The number of rotatable bonds is 4. The van der Waals surface area contributed by atoms with Crippen LogP contribution in [0.2, 0.25) is 0 Å². The third kappa shape index (κ3) is 3.22. The number of nitrogens with zero attached hydrogens (tertiary/aromatic N) is 1. The van der Waals surface area contributed by atoms with Crippen LogP contribution in [0.5, 0.6) is 0 Å². The molecule has 0 bridgehead atoms. The number of aryl methyl sites for hydroxylation is 2. The van der Waals surface area contributed by atoms with Crippen LogP contribution in [-0.2, 0) is 4.74 Å². The van der Waals surface area contributed by atoms with Crippen molar-refractivity contribution in [2.45, 2.75) is 46.2 Å². The highest BCUT2D eigenvalue weighted by Crippen LogP contribution is 2.19. The van der Waals surface area contributed by atoms with Crippen molar-refractivity contribution in [2.75, 3.05) is 13.2 Å². The lowest BCUT2D eigenvalue weighted by Crippen LogP contribution is -2.38. The van der Waals surface area contributed by atoms with E-state index in [-0.39, 0.29) is 11.6 Å². The molecule has 2 N–H and O–H groups in total. The fourth-order valence-electron chi connectivity index (χ4n) is 2.81. The Balaban J connectivity index is 2.11. The van der Waals surface area contributed by atoms with Crippen LogP contribution in [0.3, 0.4) is 0 Å². The van der Waals surface area contributed by atoms with E-state index in [9.17, 15) is 4.79 Å². The Morgan fingerprint density at radius 2 is 2.16 bits per heavy atom. The second-order valence-corrected chi connectivity index (χ2v) is 5.45. The van der Waals surface area contributed by atoms with Crippen LogP contribution >= 0.6 is 0 Å². The summed E-state index contributed by atoms with van der Waals surface area (Å²) < 4.78 is 5.41. The fourth-order valence-corrected chi connectivity index (χ4v) is 2.81. The molecular formula is C14H23N3O2. The van der Waals surface area contributed by atoms with Gasteiger partial charge in [-0.3, -0.25) is 4.79 Å². The van der Waals surface area contributed by atoms with E-state index < -0.39 is 0 Å². The third-order valence-corrected chi connectivity index (χ3v) is 3.88. The van der Waals surface area contributed by atoms with E-state index in [0.29, 0.717) is 17.8 Å². The summed E-state index contributed by atoms with van der Waals surface area (Å²) in [6.07, 6.45) is 1.09. The van der Waals surface area contributed by atoms with E-state index in [1.807, 2.05) is 13.8 Å². The van der Waals surface area contributed by atoms with Crippen LogP contribution in [0, 0.1) is 19.8 Å². The molecule has 0 spiro atoms. The summed E-state index contributed by atoms with van der Waals surface area (Å²) in [7, 11) is 0. The molecule has 5 nitrogen and oxygen atoms in total. The van der Waals surface area contributed by atoms with Crippen molar-refractivity contribution in [2.24, 2.45) is 5.92 Å². The quantitative estimate of drug-likeness (QED) is 0.865. The first-order valence-electron chi connectivity index (χ1n) is 6.90. The minimum Gasteiger partial charge on any atom is -0.381 e. The first-order valence-corrected chi connectivity index (χ1v) is 6.90. The minimum absolute atomic E-state index is 0.00699. The second-order valence-electron chi connectivity index (χ2n) is 5.45. The SMILES string of the molecule is Cc1nc(C)c(C(C)NC(C)C2CCOC2)c(=O)[nH]1. The molecular weight excluding hydrogens is 242 g/mol. The molecule has 106 valence electrons. The van der Waals surface area contributed by atoms with Gasteiger partial charge >= 0.3 is 0 Å². The van der Waals surface area contributed by atoms with E-state index in [1.54, 1.807) is 6.92 Å². The van der Waals surface area contributed by atoms with Gasteiger partial charge in [0.2, 0.25) is 0 Å². The summed E-state index contributed by atoms with van der Waals surface area (Å²) in [5.41, 5.74) is 1.49. The highest BCUT2D eigenvalue weighted by atomic mass is 16.5. The lowest BCUT2D eigenvalue weighted by atomic mass is 9.98. The molecule has 5 heteroatoms. The molecule has 2 heterocycles. The number of H-pyrrole nitrogens is 1. The molecule has 3 unspecified atom stereocenters. The largest absolute Gasteiger partial charge is 0.381 e. The molecule has 1 fully saturated rings. The average Bonchev–Trinajstić information content (AvgIpc) is 2.80. The van der Waals surface area contributed by atoms with E-state index in [1.165, 1.54) is 0 Å². The van der Waals surface area contributed by atoms with Gasteiger partial charge in [-0.05, 0) is 40.0 Å². The van der Waals surface area contributed by atoms with Gasteiger partial charge in [0, 0.05) is 24.4 Å². The first kappa shape index (κ1) is 14.2. The third-order valence-electron chi connectivity index (χ3n) is 3.88. The van der Waals surface area contributed by atoms with E-state index in [0.717, 1.165) is 30.9 Å². The molecule has 0 saturated carbocycles. The molecule has 2 rings (SSSR count). The fraction of sp³-hybridized carbons (Fsp3) is 0.714. The van der Waals surface area contributed by atoms with E-state index >= 15 is 0 Å². The Bertz CT molecular complexity index is 492. The zero-order valence-electron chi connectivity index (χ0n) is 12.1. The average molecular weight is 265 g/mol. The highest BCUT2D eigenvalue weighted by Gasteiger charge is 2.25. The molecule has 3 atom stereocenters. The smallest absolute Gasteiger partial charge is 0.255 e. The van der Waals surface area contributed by atoms with Crippen molar-refractivity contribution in [1.82, 2.24) is 15.3 Å². The van der Waals surface area contributed by atoms with Gasteiger partial charge in [0.05, 0.1) is 12.2 Å². The van der Waals surface area contributed by atoms with Gasteiger partial charge in [-0.15, -0.1) is 0 Å². The lowest BCUT2D eigenvalue weighted by Gasteiger charge is -2.24. The molecule has 0 aliphatic carbocycles. The Hall–Kier alpha value is -1.20. The van der Waals surface area contributed by atoms with E-state index in [4.69, 9.17) is 4.74 Å². The van der Waals surface area contributed by atoms with Crippen molar-refractivity contribution in [1.29, 1.82) is 0 Å². The maximum atomic E-state index is 12.0. The van der Waals surface area contributed by atoms with Crippen molar-refractivity contribution in [3.05, 3.63) is 27.4 Å². The number of aromatic amines is 1. The van der Waals surface area contributed by atoms with Crippen LogP contribution in [0.4, 0.5) is 0 Å². The van der Waals surface area contributed by atoms with Gasteiger partial charge in [-0.2, -0.15) is 0 Å². The molecule has 1 saturated heterocycles. The van der Waals surface area contributed by atoms with Crippen molar-refractivity contribution in [3.8, 4) is 0 Å². The zero-order chi connectivity index (χ0) is 14.0. The predicted molar refractivity (Wildman–Crippen MR) is 74.3 cm³/mol. The number of nitrogens with one attached hydrogen (secondary N) is 2. The highest BCUT2D eigenvalue weighted by molar-refractivity contribution is 5.20. The Kier molecular flexibility index (Phi) is 4.37. The molecule has 1 aromatic heterocycles. The van der Waals surface area contributed by atoms with Gasteiger partial charge < -0.3 is 15.0 Å². The van der Waals surface area contributed by atoms with Gasteiger partial charge in [0.25, 0.3) is 5.56 Å². The second kappa shape index (κ2) is 5.84. The molecule has 1 aromatic rings. The normalized spacial score (nSPS) is 22.4. The van der Waals surface area contributed by atoms with Gasteiger partial charge in [-0.25, -0.2) is 4.98 Å². The predicted octanol–water partition coefficient (Wildman–Crippen LogP) is 1.46. The summed E-state index contributed by atoms with van der Waals surface area (Å²) in [5, 5.41) is 3.50. The molecule has 0 amide bonds. The van der Waals surface area contributed by atoms with E-state index in [2.05, 4.69) is 22.2 Å². The summed E-state index contributed by atoms with van der Waals surface area (Å²) >= 11 is 0. The summed E-state index contributed by atoms with van der Waals surface area (Å²) in [6, 6.07) is 0.324. The first-order chi connectivity index (χ1) is 8.99. The van der Waals surface area contributed by atoms with Gasteiger partial charge in [-0.1, -0.05) is 0 Å². The maximum absolute atomic E-state index is 12.0. The standard InChI is InChI=1S/C14H23N3O2/c1-8(12-5-6-19-7-12)15-9(2)13-10(3)16-11(4)17-14(13)18/h8-9,12,15H,5-7H2,1-4H3,(H,16,17,18). The van der Waals surface area contributed by atoms with Crippen LogP contribution in [0.1, 0.15) is 43.4 Å². The Labute approximate surface area is 113 Å². The van der Waals surface area contributed by atoms with Crippen molar-refractivity contribution >= 4 is 0 Å². The van der Waals surface area contributed by atoms with Crippen LogP contribution < -0.4 is 10.9 Å². The number of aromatic nitrogens is 2. The van der Waals surface area contributed by atoms with Crippen molar-refractivity contribution in [3.63, 3.8) is 0 Å². The summed E-state index contributed by atoms with van der Waals surface area (Å²) in [5.74, 6) is 1.19. The van der Waals surface area contributed by atoms with Gasteiger partial charge in [0.1, 0.15) is 5.82 Å². The molecule has 19 heavy (non-hydrogen) atoms. The molecule has 0 radical (unpaired) electrons.